The molecule has 31 heavy (non-hydrogen) atoms. The highest BCUT2D eigenvalue weighted by Crippen LogP contribution is 2.29. The summed E-state index contributed by atoms with van der Waals surface area (Å²) in [6.07, 6.45) is 2.23. The van der Waals surface area contributed by atoms with E-state index in [0.29, 0.717) is 28.6 Å². The Morgan fingerprint density at radius 3 is 2.48 bits per heavy atom. The SMILES string of the molecule is CC1CCN(c2ccc(NC(=O)c3cccs3)cc2C(=O)NCc2ccccc2)CC1. The first-order valence-electron chi connectivity index (χ1n) is 10.7. The van der Waals surface area contributed by atoms with E-state index in [1.54, 1.807) is 12.1 Å². The highest BCUT2D eigenvalue weighted by Gasteiger charge is 2.22. The summed E-state index contributed by atoms with van der Waals surface area (Å²) < 4.78 is 0. The van der Waals surface area contributed by atoms with Crippen molar-refractivity contribution in [3.8, 4) is 0 Å². The molecule has 0 aliphatic carbocycles. The van der Waals surface area contributed by atoms with Crippen LogP contribution in [0.4, 0.5) is 11.4 Å². The maximum absolute atomic E-state index is 13.2. The third-order valence-electron chi connectivity index (χ3n) is 5.66. The molecule has 0 saturated carbocycles. The molecule has 2 amide bonds. The number of hydrogen-bond acceptors (Lipinski definition) is 4. The van der Waals surface area contributed by atoms with Crippen molar-refractivity contribution in [2.45, 2.75) is 26.3 Å². The average molecular weight is 434 g/mol. The minimum atomic E-state index is -0.162. The molecule has 0 bridgehead atoms. The molecule has 2 heterocycles. The predicted molar refractivity (Wildman–Crippen MR) is 127 cm³/mol. The van der Waals surface area contributed by atoms with Gasteiger partial charge in [-0.3, -0.25) is 9.59 Å². The minimum absolute atomic E-state index is 0.135. The van der Waals surface area contributed by atoms with Gasteiger partial charge in [-0.2, -0.15) is 0 Å². The summed E-state index contributed by atoms with van der Waals surface area (Å²) in [5.41, 5.74) is 3.18. The van der Waals surface area contributed by atoms with Gasteiger partial charge in [-0.25, -0.2) is 0 Å². The third-order valence-corrected chi connectivity index (χ3v) is 6.53. The number of hydrogen-bond donors (Lipinski definition) is 2. The number of piperidine rings is 1. The zero-order valence-electron chi connectivity index (χ0n) is 17.6. The molecular weight excluding hydrogens is 406 g/mol. The lowest BCUT2D eigenvalue weighted by Crippen LogP contribution is -2.35. The van der Waals surface area contributed by atoms with E-state index in [-0.39, 0.29) is 11.8 Å². The van der Waals surface area contributed by atoms with Crippen molar-refractivity contribution < 1.29 is 9.59 Å². The Labute approximate surface area is 187 Å². The number of nitrogens with one attached hydrogen (secondary N) is 2. The summed E-state index contributed by atoms with van der Waals surface area (Å²) in [6, 6.07) is 19.1. The lowest BCUT2D eigenvalue weighted by Gasteiger charge is -2.33. The summed E-state index contributed by atoms with van der Waals surface area (Å²) >= 11 is 1.39. The van der Waals surface area contributed by atoms with Crippen molar-refractivity contribution in [3.05, 3.63) is 82.0 Å². The molecule has 3 aromatic rings. The van der Waals surface area contributed by atoms with Crippen LogP contribution >= 0.6 is 11.3 Å². The van der Waals surface area contributed by atoms with Gasteiger partial charge in [-0.15, -0.1) is 11.3 Å². The monoisotopic (exact) mass is 433 g/mol. The van der Waals surface area contributed by atoms with Crippen LogP contribution in [0, 0.1) is 5.92 Å². The van der Waals surface area contributed by atoms with Crippen LogP contribution in [0.25, 0.3) is 0 Å². The Balaban J connectivity index is 1.56. The van der Waals surface area contributed by atoms with Gasteiger partial charge in [-0.1, -0.05) is 43.3 Å². The number of rotatable bonds is 6. The van der Waals surface area contributed by atoms with E-state index in [0.717, 1.165) is 37.2 Å². The Hall–Kier alpha value is -3.12. The summed E-state index contributed by atoms with van der Waals surface area (Å²) in [7, 11) is 0. The van der Waals surface area contributed by atoms with Crippen LogP contribution in [-0.2, 0) is 6.54 Å². The Morgan fingerprint density at radius 2 is 1.77 bits per heavy atom. The van der Waals surface area contributed by atoms with Crippen molar-refractivity contribution in [1.82, 2.24) is 5.32 Å². The smallest absolute Gasteiger partial charge is 0.265 e. The van der Waals surface area contributed by atoms with E-state index >= 15 is 0 Å². The van der Waals surface area contributed by atoms with E-state index < -0.39 is 0 Å². The van der Waals surface area contributed by atoms with Crippen molar-refractivity contribution in [2.75, 3.05) is 23.3 Å². The number of anilines is 2. The Kier molecular flexibility index (Phi) is 6.67. The van der Waals surface area contributed by atoms with Gasteiger partial charge in [0.15, 0.2) is 0 Å². The number of benzene rings is 2. The van der Waals surface area contributed by atoms with Gasteiger partial charge < -0.3 is 15.5 Å². The molecule has 0 atom stereocenters. The fourth-order valence-corrected chi connectivity index (χ4v) is 4.41. The zero-order chi connectivity index (χ0) is 21.6. The van der Waals surface area contributed by atoms with Crippen LogP contribution in [0.5, 0.6) is 0 Å². The van der Waals surface area contributed by atoms with Gasteiger partial charge >= 0.3 is 0 Å². The van der Waals surface area contributed by atoms with Crippen molar-refractivity contribution >= 4 is 34.5 Å². The summed E-state index contributed by atoms with van der Waals surface area (Å²) in [5, 5.41) is 7.83. The second-order valence-electron chi connectivity index (χ2n) is 8.00. The first-order chi connectivity index (χ1) is 15.1. The molecule has 1 fully saturated rings. The van der Waals surface area contributed by atoms with Gasteiger partial charge in [0.25, 0.3) is 11.8 Å². The number of carbonyl (C=O) groups excluding carboxylic acids is 2. The molecule has 0 unspecified atom stereocenters. The largest absolute Gasteiger partial charge is 0.371 e. The lowest BCUT2D eigenvalue weighted by molar-refractivity contribution is 0.0950. The van der Waals surface area contributed by atoms with E-state index in [9.17, 15) is 9.59 Å². The number of thiophene rings is 1. The normalized spacial score (nSPS) is 14.3. The average Bonchev–Trinajstić information content (AvgIpc) is 3.34. The Morgan fingerprint density at radius 1 is 1.00 bits per heavy atom. The maximum atomic E-state index is 13.2. The van der Waals surface area contributed by atoms with Crippen LogP contribution < -0.4 is 15.5 Å². The number of amides is 2. The summed E-state index contributed by atoms with van der Waals surface area (Å²) in [6.45, 7) is 4.60. The first-order valence-corrected chi connectivity index (χ1v) is 11.5. The molecule has 160 valence electrons. The molecule has 0 spiro atoms. The molecule has 5 nitrogen and oxygen atoms in total. The standard InChI is InChI=1S/C25H27N3O2S/c1-18-11-13-28(14-12-18)22-10-9-20(27-25(30)23-8-5-15-31-23)16-21(22)24(29)26-17-19-6-3-2-4-7-19/h2-10,15-16,18H,11-14,17H2,1H3,(H,26,29)(H,27,30). The Bertz CT molecular complexity index is 1030. The quantitative estimate of drug-likeness (QED) is 0.564. The summed E-state index contributed by atoms with van der Waals surface area (Å²) in [5.74, 6) is 0.408. The van der Waals surface area contributed by atoms with Crippen LogP contribution in [-0.4, -0.2) is 24.9 Å². The molecule has 4 rings (SSSR count). The second kappa shape index (κ2) is 9.79. The maximum Gasteiger partial charge on any atom is 0.265 e. The molecular formula is C25H27N3O2S. The molecule has 6 heteroatoms. The molecule has 0 radical (unpaired) electrons. The van der Waals surface area contributed by atoms with Crippen molar-refractivity contribution in [2.24, 2.45) is 5.92 Å². The number of carbonyl (C=O) groups is 2. The van der Waals surface area contributed by atoms with Gasteiger partial charge in [0.05, 0.1) is 10.4 Å². The van der Waals surface area contributed by atoms with E-state index in [4.69, 9.17) is 0 Å². The van der Waals surface area contributed by atoms with Gasteiger partial charge in [0, 0.05) is 31.0 Å². The third kappa shape index (κ3) is 5.33. The molecule has 2 aromatic carbocycles. The summed E-state index contributed by atoms with van der Waals surface area (Å²) in [4.78, 5) is 28.6. The van der Waals surface area contributed by atoms with Crippen LogP contribution in [0.1, 0.15) is 45.4 Å². The topological polar surface area (TPSA) is 61.4 Å². The highest BCUT2D eigenvalue weighted by molar-refractivity contribution is 7.12. The van der Waals surface area contributed by atoms with Crippen molar-refractivity contribution in [3.63, 3.8) is 0 Å². The molecule has 1 aromatic heterocycles. The molecule has 1 saturated heterocycles. The minimum Gasteiger partial charge on any atom is -0.371 e. The second-order valence-corrected chi connectivity index (χ2v) is 8.95. The lowest BCUT2D eigenvalue weighted by atomic mass is 9.97. The van der Waals surface area contributed by atoms with Gasteiger partial charge in [0.1, 0.15) is 0 Å². The van der Waals surface area contributed by atoms with Gasteiger partial charge in [0.2, 0.25) is 0 Å². The fourth-order valence-electron chi connectivity index (χ4n) is 3.79. The highest BCUT2D eigenvalue weighted by atomic mass is 32.1. The fraction of sp³-hybridized carbons (Fsp3) is 0.280. The first kappa shape index (κ1) is 21.1. The van der Waals surface area contributed by atoms with E-state index in [2.05, 4.69) is 22.5 Å². The zero-order valence-corrected chi connectivity index (χ0v) is 18.5. The molecule has 1 aliphatic rings. The van der Waals surface area contributed by atoms with Crippen LogP contribution in [0.2, 0.25) is 0 Å². The van der Waals surface area contributed by atoms with Crippen molar-refractivity contribution in [1.29, 1.82) is 0 Å². The van der Waals surface area contributed by atoms with E-state index in [1.165, 1.54) is 11.3 Å². The molecule has 2 N–H and O–H groups in total. The van der Waals surface area contributed by atoms with Crippen LogP contribution in [0.15, 0.2) is 66.0 Å². The van der Waals surface area contributed by atoms with Crippen LogP contribution in [0.3, 0.4) is 0 Å². The predicted octanol–water partition coefficient (Wildman–Crippen LogP) is 5.17. The molecule has 1 aliphatic heterocycles. The number of nitrogens with zero attached hydrogens (tertiary/aromatic N) is 1. The van der Waals surface area contributed by atoms with Gasteiger partial charge in [-0.05, 0) is 54.0 Å². The van der Waals surface area contributed by atoms with E-state index in [1.807, 2.05) is 53.9 Å².